The summed E-state index contributed by atoms with van der Waals surface area (Å²) in [6.07, 6.45) is 1.06. The summed E-state index contributed by atoms with van der Waals surface area (Å²) in [6.45, 7) is 9.37. The number of benzene rings is 1. The first kappa shape index (κ1) is 16.1. The van der Waals surface area contributed by atoms with Gasteiger partial charge < -0.3 is 10.2 Å². The molecule has 19 heavy (non-hydrogen) atoms. The van der Waals surface area contributed by atoms with Crippen molar-refractivity contribution in [3.63, 3.8) is 0 Å². The number of nitrogens with zero attached hydrogens (tertiary/aromatic N) is 1. The molecule has 0 fully saturated rings. The van der Waals surface area contributed by atoms with Crippen molar-refractivity contribution in [3.8, 4) is 0 Å². The van der Waals surface area contributed by atoms with E-state index in [4.69, 9.17) is 0 Å². The molecule has 0 bridgehead atoms. The fraction of sp³-hybridized carbons (Fsp3) is 0.625. The molecule has 0 aliphatic carbocycles. The van der Waals surface area contributed by atoms with E-state index in [0.717, 1.165) is 24.1 Å². The SMILES string of the molecule is CCCNC(c1cc(C)cc(F)c1)C(C)(C)N(C)C. The van der Waals surface area contributed by atoms with E-state index < -0.39 is 0 Å². The van der Waals surface area contributed by atoms with Crippen molar-refractivity contribution in [3.05, 3.63) is 35.1 Å². The van der Waals surface area contributed by atoms with E-state index in [2.05, 4.69) is 51.1 Å². The van der Waals surface area contributed by atoms with E-state index in [1.807, 2.05) is 6.92 Å². The molecule has 1 rings (SSSR count). The predicted octanol–water partition coefficient (Wildman–Crippen LogP) is 3.52. The van der Waals surface area contributed by atoms with Gasteiger partial charge in [-0.2, -0.15) is 0 Å². The number of likely N-dealkylation sites (N-methyl/N-ethyl adjacent to an activating group) is 1. The second-order valence-corrected chi connectivity index (χ2v) is 6.00. The van der Waals surface area contributed by atoms with Crippen LogP contribution in [0, 0.1) is 12.7 Å². The van der Waals surface area contributed by atoms with Crippen molar-refractivity contribution in [1.29, 1.82) is 0 Å². The summed E-state index contributed by atoms with van der Waals surface area (Å²) in [5, 5.41) is 3.55. The van der Waals surface area contributed by atoms with Crippen LogP contribution < -0.4 is 5.32 Å². The van der Waals surface area contributed by atoms with Gasteiger partial charge in [0, 0.05) is 5.54 Å². The lowest BCUT2D eigenvalue weighted by atomic mass is 9.86. The van der Waals surface area contributed by atoms with Gasteiger partial charge in [0.2, 0.25) is 0 Å². The third-order valence-electron chi connectivity index (χ3n) is 3.86. The Kier molecular flexibility index (Phi) is 5.50. The highest BCUT2D eigenvalue weighted by molar-refractivity contribution is 5.28. The number of nitrogens with one attached hydrogen (secondary N) is 1. The second-order valence-electron chi connectivity index (χ2n) is 6.00. The van der Waals surface area contributed by atoms with Gasteiger partial charge in [-0.15, -0.1) is 0 Å². The van der Waals surface area contributed by atoms with Gasteiger partial charge in [-0.05, 0) is 71.1 Å². The number of aryl methyl sites for hydroxylation is 1. The Hall–Kier alpha value is -0.930. The monoisotopic (exact) mass is 266 g/mol. The molecule has 0 aliphatic rings. The Morgan fingerprint density at radius 2 is 1.89 bits per heavy atom. The smallest absolute Gasteiger partial charge is 0.123 e. The van der Waals surface area contributed by atoms with E-state index in [-0.39, 0.29) is 17.4 Å². The standard InChI is InChI=1S/C16H27FN2/c1-7-8-18-15(16(3,4)19(5)6)13-9-12(2)10-14(17)11-13/h9-11,15,18H,7-8H2,1-6H3. The van der Waals surface area contributed by atoms with E-state index >= 15 is 0 Å². The van der Waals surface area contributed by atoms with Crippen molar-refractivity contribution in [2.75, 3.05) is 20.6 Å². The maximum Gasteiger partial charge on any atom is 0.123 e. The molecule has 2 nitrogen and oxygen atoms in total. The van der Waals surface area contributed by atoms with Gasteiger partial charge in [0.05, 0.1) is 6.04 Å². The fourth-order valence-electron chi connectivity index (χ4n) is 2.25. The van der Waals surface area contributed by atoms with Crippen molar-refractivity contribution >= 4 is 0 Å². The third-order valence-corrected chi connectivity index (χ3v) is 3.86. The molecule has 0 saturated carbocycles. The average Bonchev–Trinajstić information content (AvgIpc) is 2.27. The molecule has 0 radical (unpaired) electrons. The highest BCUT2D eigenvalue weighted by Gasteiger charge is 2.32. The largest absolute Gasteiger partial charge is 0.308 e. The molecule has 0 saturated heterocycles. The first-order valence-corrected chi connectivity index (χ1v) is 6.97. The van der Waals surface area contributed by atoms with Crippen LogP contribution in [0.2, 0.25) is 0 Å². The van der Waals surface area contributed by atoms with E-state index in [0.29, 0.717) is 0 Å². The summed E-state index contributed by atoms with van der Waals surface area (Å²) < 4.78 is 13.7. The van der Waals surface area contributed by atoms with Crippen molar-refractivity contribution in [1.82, 2.24) is 10.2 Å². The summed E-state index contributed by atoms with van der Waals surface area (Å²) >= 11 is 0. The van der Waals surface area contributed by atoms with Crippen LogP contribution in [0.25, 0.3) is 0 Å². The van der Waals surface area contributed by atoms with Gasteiger partial charge >= 0.3 is 0 Å². The number of hydrogen-bond donors (Lipinski definition) is 1. The van der Waals surface area contributed by atoms with E-state index in [9.17, 15) is 4.39 Å². The minimum atomic E-state index is -0.159. The zero-order chi connectivity index (χ0) is 14.6. The molecule has 1 aromatic carbocycles. The summed E-state index contributed by atoms with van der Waals surface area (Å²) in [5.74, 6) is -0.159. The van der Waals surface area contributed by atoms with Crippen LogP contribution in [0.4, 0.5) is 4.39 Å². The van der Waals surface area contributed by atoms with Gasteiger partial charge in [-0.3, -0.25) is 0 Å². The highest BCUT2D eigenvalue weighted by Crippen LogP contribution is 2.30. The van der Waals surface area contributed by atoms with Crippen molar-refractivity contribution in [2.24, 2.45) is 0 Å². The van der Waals surface area contributed by atoms with Crippen LogP contribution in [0.3, 0.4) is 0 Å². The lowest BCUT2D eigenvalue weighted by molar-refractivity contribution is 0.138. The first-order valence-electron chi connectivity index (χ1n) is 6.97. The van der Waals surface area contributed by atoms with Crippen molar-refractivity contribution < 1.29 is 4.39 Å². The normalized spacial score (nSPS) is 13.9. The zero-order valence-electron chi connectivity index (χ0n) is 13.0. The predicted molar refractivity (Wildman–Crippen MR) is 79.9 cm³/mol. The molecule has 1 N–H and O–H groups in total. The van der Waals surface area contributed by atoms with E-state index in [1.165, 1.54) is 0 Å². The summed E-state index contributed by atoms with van der Waals surface area (Å²) in [5.41, 5.74) is 1.90. The summed E-state index contributed by atoms with van der Waals surface area (Å²) in [4.78, 5) is 2.18. The Bertz CT molecular complexity index is 393. The second kappa shape index (κ2) is 6.49. The number of hydrogen-bond acceptors (Lipinski definition) is 2. The zero-order valence-corrected chi connectivity index (χ0v) is 13.0. The quantitative estimate of drug-likeness (QED) is 0.847. The summed E-state index contributed by atoms with van der Waals surface area (Å²) in [7, 11) is 4.12. The van der Waals surface area contributed by atoms with E-state index in [1.54, 1.807) is 12.1 Å². The van der Waals surface area contributed by atoms with Crippen LogP contribution in [-0.4, -0.2) is 31.1 Å². The molecular formula is C16H27FN2. The summed E-state index contributed by atoms with van der Waals surface area (Å²) in [6, 6.07) is 5.40. The van der Waals surface area contributed by atoms with Crippen molar-refractivity contribution in [2.45, 2.75) is 45.7 Å². The van der Waals surface area contributed by atoms with Gasteiger partial charge in [-0.1, -0.05) is 13.0 Å². The van der Waals surface area contributed by atoms with Gasteiger partial charge in [0.25, 0.3) is 0 Å². The molecule has 1 atom stereocenters. The maximum absolute atomic E-state index is 13.7. The molecule has 0 amide bonds. The Labute approximate surface area is 117 Å². The average molecular weight is 266 g/mol. The molecule has 3 heteroatoms. The molecule has 0 aliphatic heterocycles. The van der Waals surface area contributed by atoms with Crippen LogP contribution in [0.5, 0.6) is 0 Å². The van der Waals surface area contributed by atoms with Gasteiger partial charge in [0.15, 0.2) is 0 Å². The molecule has 0 spiro atoms. The molecule has 1 aromatic rings. The molecule has 108 valence electrons. The van der Waals surface area contributed by atoms with Crippen LogP contribution in [0.1, 0.15) is 44.4 Å². The van der Waals surface area contributed by atoms with Crippen LogP contribution >= 0.6 is 0 Å². The highest BCUT2D eigenvalue weighted by atomic mass is 19.1. The number of rotatable bonds is 6. The van der Waals surface area contributed by atoms with Gasteiger partial charge in [0.1, 0.15) is 5.82 Å². The van der Waals surface area contributed by atoms with Gasteiger partial charge in [-0.25, -0.2) is 4.39 Å². The number of halogens is 1. The van der Waals surface area contributed by atoms with Crippen LogP contribution in [-0.2, 0) is 0 Å². The minimum Gasteiger partial charge on any atom is -0.308 e. The fourth-order valence-corrected chi connectivity index (χ4v) is 2.25. The molecular weight excluding hydrogens is 239 g/mol. The molecule has 1 unspecified atom stereocenters. The minimum absolute atomic E-state index is 0.0879. The Morgan fingerprint density at radius 3 is 2.37 bits per heavy atom. The topological polar surface area (TPSA) is 15.3 Å². The Morgan fingerprint density at radius 1 is 1.26 bits per heavy atom. The maximum atomic E-state index is 13.7. The third kappa shape index (κ3) is 4.02. The first-order chi connectivity index (χ1) is 8.78. The molecule has 0 aromatic heterocycles. The lowest BCUT2D eigenvalue weighted by Crippen LogP contribution is -2.49. The lowest BCUT2D eigenvalue weighted by Gasteiger charge is -2.41. The Balaban J connectivity index is 3.15. The molecule has 0 heterocycles. The van der Waals surface area contributed by atoms with Crippen LogP contribution in [0.15, 0.2) is 18.2 Å².